The molecule has 0 radical (unpaired) electrons. The van der Waals surface area contributed by atoms with E-state index in [1.54, 1.807) is 6.92 Å². The van der Waals surface area contributed by atoms with Crippen molar-refractivity contribution >= 4 is 5.78 Å². The van der Waals surface area contributed by atoms with E-state index in [0.717, 1.165) is 25.2 Å². The Balaban J connectivity index is 2.41. The maximum absolute atomic E-state index is 11.2. The third kappa shape index (κ3) is 1.82. The molecule has 1 rings (SSSR count). The molecule has 0 heterocycles. The molecule has 0 bridgehead atoms. The van der Waals surface area contributed by atoms with Crippen molar-refractivity contribution in [3.8, 4) is 0 Å². The average Bonchev–Trinajstić information content (AvgIpc) is 2.69. The quantitative estimate of drug-likeness (QED) is 0.608. The fourth-order valence-electron chi connectivity index (χ4n) is 1.66. The molecule has 0 amide bonds. The lowest BCUT2D eigenvalue weighted by atomic mass is 9.89. The first kappa shape index (κ1) is 8.76. The lowest BCUT2D eigenvalue weighted by Crippen LogP contribution is -2.15. The Kier molecular flexibility index (Phi) is 2.36. The predicted molar refractivity (Wildman–Crippen MR) is 46.4 cm³/mol. The fourth-order valence-corrected chi connectivity index (χ4v) is 1.66. The Bertz CT molecular complexity index is 156. The minimum Gasteiger partial charge on any atom is -0.299 e. The summed E-state index contributed by atoms with van der Waals surface area (Å²) < 4.78 is 0. The van der Waals surface area contributed by atoms with Gasteiger partial charge in [-0.25, -0.2) is 0 Å². The molecule has 1 atom stereocenters. The SMILES string of the molecule is CCC(C)CC1(C(C)=O)CC1. The highest BCUT2D eigenvalue weighted by molar-refractivity contribution is 5.84. The molecule has 64 valence electrons. The van der Waals surface area contributed by atoms with E-state index in [9.17, 15) is 4.79 Å². The van der Waals surface area contributed by atoms with Crippen LogP contribution < -0.4 is 0 Å². The largest absolute Gasteiger partial charge is 0.299 e. The summed E-state index contributed by atoms with van der Waals surface area (Å²) in [6.45, 7) is 6.18. The molecule has 1 nitrogen and oxygen atoms in total. The lowest BCUT2D eigenvalue weighted by Gasteiger charge is -2.15. The zero-order chi connectivity index (χ0) is 8.48. The van der Waals surface area contributed by atoms with Gasteiger partial charge in [0.25, 0.3) is 0 Å². The first-order valence-electron chi connectivity index (χ1n) is 4.62. The van der Waals surface area contributed by atoms with Crippen molar-refractivity contribution in [3.63, 3.8) is 0 Å². The lowest BCUT2D eigenvalue weighted by molar-refractivity contribution is -0.122. The molecule has 11 heavy (non-hydrogen) atoms. The summed E-state index contributed by atoms with van der Waals surface area (Å²) in [6.07, 6.45) is 4.62. The van der Waals surface area contributed by atoms with Crippen LogP contribution in [-0.2, 0) is 4.79 Å². The summed E-state index contributed by atoms with van der Waals surface area (Å²) in [6, 6.07) is 0. The Morgan fingerprint density at radius 3 is 2.36 bits per heavy atom. The highest BCUT2D eigenvalue weighted by Crippen LogP contribution is 2.51. The molecule has 0 aromatic rings. The smallest absolute Gasteiger partial charge is 0.135 e. The standard InChI is InChI=1S/C10H18O/c1-4-8(2)7-10(5-6-10)9(3)11/h8H,4-7H2,1-3H3. The van der Waals surface area contributed by atoms with Crippen molar-refractivity contribution in [2.45, 2.75) is 46.5 Å². The van der Waals surface area contributed by atoms with Gasteiger partial charge in [-0.2, -0.15) is 0 Å². The van der Waals surface area contributed by atoms with Crippen molar-refractivity contribution in [2.75, 3.05) is 0 Å². The molecule has 0 aromatic heterocycles. The van der Waals surface area contributed by atoms with Crippen LogP contribution in [0.1, 0.15) is 46.5 Å². The Morgan fingerprint density at radius 2 is 2.09 bits per heavy atom. The van der Waals surface area contributed by atoms with Crippen LogP contribution >= 0.6 is 0 Å². The van der Waals surface area contributed by atoms with E-state index in [2.05, 4.69) is 13.8 Å². The number of carbonyl (C=O) groups excluding carboxylic acids is 1. The molecular weight excluding hydrogens is 136 g/mol. The van der Waals surface area contributed by atoms with E-state index in [1.807, 2.05) is 0 Å². The normalized spacial score (nSPS) is 22.8. The van der Waals surface area contributed by atoms with Crippen LogP contribution in [0, 0.1) is 11.3 Å². The highest BCUT2D eigenvalue weighted by Gasteiger charge is 2.47. The van der Waals surface area contributed by atoms with Gasteiger partial charge in [0.1, 0.15) is 5.78 Å². The molecule has 1 heteroatoms. The van der Waals surface area contributed by atoms with Crippen molar-refractivity contribution < 1.29 is 4.79 Å². The number of hydrogen-bond donors (Lipinski definition) is 0. The van der Waals surface area contributed by atoms with Crippen molar-refractivity contribution in [2.24, 2.45) is 11.3 Å². The summed E-state index contributed by atoms with van der Waals surface area (Å²) in [7, 11) is 0. The van der Waals surface area contributed by atoms with Crippen LogP contribution in [0.25, 0.3) is 0 Å². The van der Waals surface area contributed by atoms with Gasteiger partial charge in [-0.1, -0.05) is 20.3 Å². The molecule has 0 aliphatic heterocycles. The molecule has 0 spiro atoms. The first-order chi connectivity index (χ1) is 5.10. The summed E-state index contributed by atoms with van der Waals surface area (Å²) in [5.41, 5.74) is 0.134. The van der Waals surface area contributed by atoms with Gasteiger partial charge in [-0.05, 0) is 32.1 Å². The van der Waals surface area contributed by atoms with Gasteiger partial charge in [0.15, 0.2) is 0 Å². The van der Waals surface area contributed by atoms with Crippen LogP contribution in [0.5, 0.6) is 0 Å². The minimum atomic E-state index is 0.134. The first-order valence-corrected chi connectivity index (χ1v) is 4.62. The fraction of sp³-hybridized carbons (Fsp3) is 0.900. The van der Waals surface area contributed by atoms with E-state index < -0.39 is 0 Å². The van der Waals surface area contributed by atoms with Gasteiger partial charge in [0, 0.05) is 5.41 Å². The number of Topliss-reactive ketones (excluding diaryl/α,β-unsaturated/α-hetero) is 1. The van der Waals surface area contributed by atoms with Gasteiger partial charge >= 0.3 is 0 Å². The number of carbonyl (C=O) groups is 1. The summed E-state index contributed by atoms with van der Waals surface area (Å²) >= 11 is 0. The van der Waals surface area contributed by atoms with Gasteiger partial charge in [0.05, 0.1) is 0 Å². The molecule has 0 saturated heterocycles. The Labute approximate surface area is 69.2 Å². The minimum absolute atomic E-state index is 0.134. The van der Waals surface area contributed by atoms with Crippen molar-refractivity contribution in [1.82, 2.24) is 0 Å². The number of ketones is 1. The average molecular weight is 154 g/mol. The molecule has 1 aliphatic carbocycles. The summed E-state index contributed by atoms with van der Waals surface area (Å²) in [4.78, 5) is 11.2. The van der Waals surface area contributed by atoms with Gasteiger partial charge in [-0.15, -0.1) is 0 Å². The molecule has 1 fully saturated rings. The van der Waals surface area contributed by atoms with E-state index in [-0.39, 0.29) is 5.41 Å². The van der Waals surface area contributed by atoms with Crippen LogP contribution in [0.2, 0.25) is 0 Å². The third-order valence-electron chi connectivity index (χ3n) is 3.04. The van der Waals surface area contributed by atoms with Crippen molar-refractivity contribution in [3.05, 3.63) is 0 Å². The van der Waals surface area contributed by atoms with Gasteiger partial charge < -0.3 is 0 Å². The second-order valence-corrected chi connectivity index (χ2v) is 4.05. The highest BCUT2D eigenvalue weighted by atomic mass is 16.1. The topological polar surface area (TPSA) is 17.1 Å². The van der Waals surface area contributed by atoms with Crippen molar-refractivity contribution in [1.29, 1.82) is 0 Å². The van der Waals surface area contributed by atoms with Gasteiger partial charge in [0.2, 0.25) is 0 Å². The molecule has 1 aliphatic rings. The predicted octanol–water partition coefficient (Wildman–Crippen LogP) is 2.79. The summed E-state index contributed by atoms with van der Waals surface area (Å²) in [5, 5.41) is 0. The van der Waals surface area contributed by atoms with Gasteiger partial charge in [-0.3, -0.25) is 4.79 Å². The Morgan fingerprint density at radius 1 is 1.55 bits per heavy atom. The van der Waals surface area contributed by atoms with E-state index in [1.165, 1.54) is 6.42 Å². The monoisotopic (exact) mass is 154 g/mol. The molecule has 0 N–H and O–H groups in total. The molecule has 1 saturated carbocycles. The molecule has 0 aromatic carbocycles. The number of hydrogen-bond acceptors (Lipinski definition) is 1. The molecular formula is C10H18O. The zero-order valence-electron chi connectivity index (χ0n) is 7.81. The number of rotatable bonds is 4. The van der Waals surface area contributed by atoms with Crippen LogP contribution in [0.3, 0.4) is 0 Å². The molecule has 1 unspecified atom stereocenters. The van der Waals surface area contributed by atoms with Crippen LogP contribution in [-0.4, -0.2) is 5.78 Å². The van der Waals surface area contributed by atoms with Crippen LogP contribution in [0.4, 0.5) is 0 Å². The van der Waals surface area contributed by atoms with E-state index >= 15 is 0 Å². The summed E-state index contributed by atoms with van der Waals surface area (Å²) in [5.74, 6) is 1.14. The zero-order valence-corrected chi connectivity index (χ0v) is 7.81. The van der Waals surface area contributed by atoms with E-state index in [0.29, 0.717) is 5.78 Å². The van der Waals surface area contributed by atoms with E-state index in [4.69, 9.17) is 0 Å². The maximum Gasteiger partial charge on any atom is 0.135 e. The second kappa shape index (κ2) is 2.96. The second-order valence-electron chi connectivity index (χ2n) is 4.05. The van der Waals surface area contributed by atoms with Crippen LogP contribution in [0.15, 0.2) is 0 Å². The third-order valence-corrected chi connectivity index (χ3v) is 3.04. The Hall–Kier alpha value is -0.330. The maximum atomic E-state index is 11.2.